The number of alkyl carbamates (subject to hydrolysis) is 1. The molecule has 0 rings (SSSR count). The summed E-state index contributed by atoms with van der Waals surface area (Å²) in [7, 11) is 0. The first kappa shape index (κ1) is 18.6. The highest BCUT2D eigenvalue weighted by atomic mass is 16.5. The Bertz CT molecular complexity index is 163. The van der Waals surface area contributed by atoms with Crippen LogP contribution >= 0.6 is 0 Å². The molecule has 0 unspecified atom stereocenters. The van der Waals surface area contributed by atoms with Gasteiger partial charge in [-0.05, 0) is 39.4 Å². The van der Waals surface area contributed by atoms with Gasteiger partial charge in [-0.2, -0.15) is 0 Å². The molecule has 1 N–H and O–H groups in total. The fourth-order valence-corrected chi connectivity index (χ4v) is 1.42. The summed E-state index contributed by atoms with van der Waals surface area (Å²) in [5, 5.41) is 2.72. The molecule has 4 nitrogen and oxygen atoms in total. The molecule has 1 amide bonds. The standard InChI is InChI=1S/C11H24N2O2.C2H6/c1-4-9-13(5-2)10-7-8-12-11(14)15-6-3;1-2/h4-10H2,1-3H3,(H,12,14);1-2H3. The van der Waals surface area contributed by atoms with Crippen LogP contribution in [0.15, 0.2) is 0 Å². The van der Waals surface area contributed by atoms with Gasteiger partial charge in [-0.3, -0.25) is 0 Å². The second-order valence-electron chi connectivity index (χ2n) is 3.44. The van der Waals surface area contributed by atoms with Gasteiger partial charge >= 0.3 is 6.09 Å². The largest absolute Gasteiger partial charge is 0.450 e. The van der Waals surface area contributed by atoms with E-state index in [0.717, 1.165) is 26.1 Å². The van der Waals surface area contributed by atoms with Crippen molar-refractivity contribution in [3.8, 4) is 0 Å². The molecule has 0 heterocycles. The molecule has 0 fully saturated rings. The van der Waals surface area contributed by atoms with E-state index in [9.17, 15) is 4.79 Å². The van der Waals surface area contributed by atoms with E-state index in [1.165, 1.54) is 6.42 Å². The van der Waals surface area contributed by atoms with Crippen LogP contribution < -0.4 is 5.32 Å². The third-order valence-corrected chi connectivity index (χ3v) is 2.18. The lowest BCUT2D eigenvalue weighted by molar-refractivity contribution is 0.151. The van der Waals surface area contributed by atoms with Gasteiger partial charge in [0.2, 0.25) is 0 Å². The third-order valence-electron chi connectivity index (χ3n) is 2.18. The molecule has 0 radical (unpaired) electrons. The van der Waals surface area contributed by atoms with E-state index < -0.39 is 0 Å². The molecule has 0 saturated carbocycles. The van der Waals surface area contributed by atoms with Crippen molar-refractivity contribution in [1.82, 2.24) is 10.2 Å². The van der Waals surface area contributed by atoms with Crippen LogP contribution in [-0.2, 0) is 4.74 Å². The summed E-state index contributed by atoms with van der Waals surface area (Å²) >= 11 is 0. The second-order valence-corrected chi connectivity index (χ2v) is 3.44. The normalized spacial score (nSPS) is 9.53. The molecule has 0 aromatic rings. The average molecular weight is 246 g/mol. The van der Waals surface area contributed by atoms with Crippen molar-refractivity contribution in [3.63, 3.8) is 0 Å². The summed E-state index contributed by atoms with van der Waals surface area (Å²) in [5.74, 6) is 0. The number of hydrogen-bond donors (Lipinski definition) is 1. The van der Waals surface area contributed by atoms with Crippen molar-refractivity contribution in [3.05, 3.63) is 0 Å². The number of hydrogen-bond acceptors (Lipinski definition) is 3. The van der Waals surface area contributed by atoms with Crippen LogP contribution in [0.25, 0.3) is 0 Å². The lowest BCUT2D eigenvalue weighted by atomic mass is 10.3. The highest BCUT2D eigenvalue weighted by Gasteiger charge is 2.01. The summed E-state index contributed by atoms with van der Waals surface area (Å²) in [6, 6.07) is 0. The first-order chi connectivity index (χ1) is 8.24. The number of rotatable bonds is 8. The number of nitrogens with zero attached hydrogens (tertiary/aromatic N) is 1. The zero-order valence-corrected chi connectivity index (χ0v) is 12.2. The SMILES string of the molecule is CC.CCCN(CC)CCCNC(=O)OCC. The summed E-state index contributed by atoms with van der Waals surface area (Å²) in [6.45, 7) is 14.5. The summed E-state index contributed by atoms with van der Waals surface area (Å²) in [5.41, 5.74) is 0. The zero-order chi connectivity index (χ0) is 13.5. The minimum Gasteiger partial charge on any atom is -0.450 e. The Morgan fingerprint density at radius 3 is 2.29 bits per heavy atom. The van der Waals surface area contributed by atoms with E-state index in [4.69, 9.17) is 4.74 Å². The van der Waals surface area contributed by atoms with Crippen molar-refractivity contribution in [2.75, 3.05) is 32.8 Å². The van der Waals surface area contributed by atoms with Crippen LogP contribution in [0.5, 0.6) is 0 Å². The van der Waals surface area contributed by atoms with Gasteiger partial charge in [0, 0.05) is 6.54 Å². The molecule has 0 aliphatic carbocycles. The molecule has 17 heavy (non-hydrogen) atoms. The molecule has 104 valence electrons. The first-order valence-electron chi connectivity index (χ1n) is 6.87. The fourth-order valence-electron chi connectivity index (χ4n) is 1.42. The van der Waals surface area contributed by atoms with Crippen LogP contribution in [0.2, 0.25) is 0 Å². The summed E-state index contributed by atoms with van der Waals surface area (Å²) < 4.78 is 4.76. The summed E-state index contributed by atoms with van der Waals surface area (Å²) in [4.78, 5) is 13.3. The molecule has 0 aliphatic rings. The van der Waals surface area contributed by atoms with E-state index in [0.29, 0.717) is 13.2 Å². The van der Waals surface area contributed by atoms with Crippen molar-refractivity contribution < 1.29 is 9.53 Å². The molecule has 0 bridgehead atoms. The molecular weight excluding hydrogens is 216 g/mol. The maximum atomic E-state index is 10.9. The van der Waals surface area contributed by atoms with Gasteiger partial charge in [0.05, 0.1) is 6.61 Å². The molecule has 0 aromatic carbocycles. The first-order valence-corrected chi connectivity index (χ1v) is 6.87. The van der Waals surface area contributed by atoms with Crippen molar-refractivity contribution >= 4 is 6.09 Å². The number of ether oxygens (including phenoxy) is 1. The highest BCUT2D eigenvalue weighted by Crippen LogP contribution is 1.92. The zero-order valence-electron chi connectivity index (χ0n) is 12.2. The molecule has 0 aromatic heterocycles. The molecule has 0 saturated heterocycles. The van der Waals surface area contributed by atoms with E-state index in [1.54, 1.807) is 6.92 Å². The van der Waals surface area contributed by atoms with Gasteiger partial charge in [-0.25, -0.2) is 4.79 Å². The Labute approximate surface area is 107 Å². The lowest BCUT2D eigenvalue weighted by Crippen LogP contribution is -2.30. The molecule has 0 atom stereocenters. The predicted octanol–water partition coefficient (Wildman–Crippen LogP) is 2.88. The molecule has 0 aliphatic heterocycles. The Hall–Kier alpha value is -0.770. The number of nitrogens with one attached hydrogen (secondary N) is 1. The Morgan fingerprint density at radius 2 is 1.82 bits per heavy atom. The van der Waals surface area contributed by atoms with Crippen LogP contribution in [0.4, 0.5) is 4.79 Å². The maximum Gasteiger partial charge on any atom is 0.407 e. The number of amides is 1. The number of carbonyl (C=O) groups is 1. The Kier molecular flexibility index (Phi) is 16.7. The fraction of sp³-hybridized carbons (Fsp3) is 0.923. The van der Waals surface area contributed by atoms with Crippen LogP contribution in [0, 0.1) is 0 Å². The van der Waals surface area contributed by atoms with Gasteiger partial charge in [-0.1, -0.05) is 27.7 Å². The van der Waals surface area contributed by atoms with Crippen molar-refractivity contribution in [2.45, 2.75) is 47.5 Å². The van der Waals surface area contributed by atoms with E-state index >= 15 is 0 Å². The molecular formula is C13H30N2O2. The predicted molar refractivity (Wildman–Crippen MR) is 73.4 cm³/mol. The lowest BCUT2D eigenvalue weighted by Gasteiger charge is -2.19. The van der Waals surface area contributed by atoms with Crippen molar-refractivity contribution in [1.29, 1.82) is 0 Å². The maximum absolute atomic E-state index is 10.9. The average Bonchev–Trinajstić information content (AvgIpc) is 2.36. The van der Waals surface area contributed by atoms with Gasteiger partial charge in [0.15, 0.2) is 0 Å². The minimum atomic E-state index is -0.309. The van der Waals surface area contributed by atoms with Gasteiger partial charge in [0.25, 0.3) is 0 Å². The smallest absolute Gasteiger partial charge is 0.407 e. The van der Waals surface area contributed by atoms with E-state index in [1.807, 2.05) is 13.8 Å². The van der Waals surface area contributed by atoms with Gasteiger partial charge in [0.1, 0.15) is 0 Å². The second kappa shape index (κ2) is 15.2. The van der Waals surface area contributed by atoms with Crippen LogP contribution in [-0.4, -0.2) is 43.8 Å². The highest BCUT2D eigenvalue weighted by molar-refractivity contribution is 5.66. The Balaban J connectivity index is 0. The van der Waals surface area contributed by atoms with E-state index in [-0.39, 0.29) is 6.09 Å². The van der Waals surface area contributed by atoms with Crippen LogP contribution in [0.1, 0.15) is 47.5 Å². The molecule has 0 spiro atoms. The van der Waals surface area contributed by atoms with E-state index in [2.05, 4.69) is 24.1 Å². The summed E-state index contributed by atoms with van der Waals surface area (Å²) in [6.07, 6.45) is 1.85. The van der Waals surface area contributed by atoms with Crippen molar-refractivity contribution in [2.24, 2.45) is 0 Å². The van der Waals surface area contributed by atoms with Crippen LogP contribution in [0.3, 0.4) is 0 Å². The topological polar surface area (TPSA) is 41.6 Å². The van der Waals surface area contributed by atoms with Gasteiger partial charge in [-0.15, -0.1) is 0 Å². The third kappa shape index (κ3) is 13.2. The quantitative estimate of drug-likeness (QED) is 0.670. The monoisotopic (exact) mass is 246 g/mol. The molecule has 4 heteroatoms. The van der Waals surface area contributed by atoms with Gasteiger partial charge < -0.3 is 15.0 Å². The minimum absolute atomic E-state index is 0.309. The number of carbonyl (C=O) groups excluding carboxylic acids is 1. The Morgan fingerprint density at radius 1 is 1.18 bits per heavy atom.